The summed E-state index contributed by atoms with van der Waals surface area (Å²) in [5, 5.41) is 0. The van der Waals surface area contributed by atoms with Crippen LogP contribution in [0.15, 0.2) is 55.6 Å². The molecule has 0 spiro atoms. The van der Waals surface area contributed by atoms with Crippen molar-refractivity contribution < 1.29 is 23.9 Å². The van der Waals surface area contributed by atoms with E-state index in [9.17, 15) is 14.4 Å². The van der Waals surface area contributed by atoms with Gasteiger partial charge in [0.15, 0.2) is 0 Å². The lowest BCUT2D eigenvalue weighted by Crippen LogP contribution is -2.48. The Morgan fingerprint density at radius 1 is 1.25 bits per heavy atom. The van der Waals surface area contributed by atoms with Crippen molar-refractivity contribution in [3.63, 3.8) is 0 Å². The molecule has 0 radical (unpaired) electrons. The first-order valence-electron chi connectivity index (χ1n) is 10.9. The fourth-order valence-corrected chi connectivity index (χ4v) is 3.52. The molecule has 0 N–H and O–H groups in total. The smallest absolute Gasteiger partial charge is 0.416 e. The molecule has 1 aromatic carbocycles. The molecule has 0 unspecified atom stereocenters. The molecule has 1 aliphatic rings. The SMILES string of the molecule is C=CCCN(C[C@@H](CC=C)C(=O)N1C(=O)OC[C@H]1Cc1ccccc1)C(=O)OC(C)(C)C. The number of hydrogen-bond donors (Lipinski definition) is 0. The van der Waals surface area contributed by atoms with Crippen molar-refractivity contribution in [2.45, 2.75) is 51.7 Å². The summed E-state index contributed by atoms with van der Waals surface area (Å²) < 4.78 is 10.7. The standard InChI is InChI=1S/C25H34N2O5/c1-6-8-15-26(23(29)32-25(3,4)5)17-20(12-7-2)22(28)27-21(18-31-24(27)30)16-19-13-10-9-11-14-19/h6-7,9-11,13-14,20-21H,1-2,8,12,15-18H2,3-5H3/t20-,21-/m1/s1. The Morgan fingerprint density at radius 2 is 1.94 bits per heavy atom. The van der Waals surface area contributed by atoms with Crippen LogP contribution < -0.4 is 0 Å². The van der Waals surface area contributed by atoms with E-state index in [2.05, 4.69) is 13.2 Å². The van der Waals surface area contributed by atoms with Gasteiger partial charge < -0.3 is 14.4 Å². The van der Waals surface area contributed by atoms with Gasteiger partial charge in [0.1, 0.15) is 12.2 Å². The summed E-state index contributed by atoms with van der Waals surface area (Å²) in [6.45, 7) is 13.4. The third-order valence-corrected chi connectivity index (χ3v) is 5.01. The van der Waals surface area contributed by atoms with Crippen molar-refractivity contribution in [1.29, 1.82) is 0 Å². The van der Waals surface area contributed by atoms with Crippen LogP contribution in [0.4, 0.5) is 9.59 Å². The van der Waals surface area contributed by atoms with Crippen molar-refractivity contribution in [3.05, 3.63) is 61.2 Å². The van der Waals surface area contributed by atoms with Crippen LogP contribution in [0.1, 0.15) is 39.2 Å². The van der Waals surface area contributed by atoms with Gasteiger partial charge in [-0.1, -0.05) is 42.5 Å². The Kier molecular flexibility index (Phi) is 9.05. The first kappa shape index (κ1) is 25.2. The van der Waals surface area contributed by atoms with Gasteiger partial charge in [0.2, 0.25) is 5.91 Å². The molecule has 3 amide bonds. The van der Waals surface area contributed by atoms with Crippen LogP contribution in [0, 0.1) is 5.92 Å². The molecule has 32 heavy (non-hydrogen) atoms. The van der Waals surface area contributed by atoms with E-state index in [0.29, 0.717) is 25.8 Å². The van der Waals surface area contributed by atoms with Crippen molar-refractivity contribution >= 4 is 18.1 Å². The number of allylic oxidation sites excluding steroid dienone is 1. The normalized spacial score (nSPS) is 16.8. The first-order valence-corrected chi connectivity index (χ1v) is 10.9. The van der Waals surface area contributed by atoms with E-state index < -0.39 is 29.7 Å². The third kappa shape index (κ3) is 7.25. The van der Waals surface area contributed by atoms with Crippen LogP contribution in [-0.4, -0.2) is 59.2 Å². The molecule has 7 heteroatoms. The molecule has 1 heterocycles. The zero-order valence-electron chi connectivity index (χ0n) is 19.3. The van der Waals surface area contributed by atoms with E-state index >= 15 is 0 Å². The molecular formula is C25H34N2O5. The van der Waals surface area contributed by atoms with Crippen LogP contribution in [0.5, 0.6) is 0 Å². The molecule has 1 aliphatic heterocycles. The highest BCUT2D eigenvalue weighted by Gasteiger charge is 2.41. The van der Waals surface area contributed by atoms with Gasteiger partial charge in [-0.2, -0.15) is 0 Å². The van der Waals surface area contributed by atoms with Gasteiger partial charge >= 0.3 is 12.2 Å². The number of hydrogen-bond acceptors (Lipinski definition) is 5. The van der Waals surface area contributed by atoms with E-state index in [0.717, 1.165) is 5.56 Å². The van der Waals surface area contributed by atoms with Crippen LogP contribution >= 0.6 is 0 Å². The fraction of sp³-hybridized carbons (Fsp3) is 0.480. The van der Waals surface area contributed by atoms with Gasteiger partial charge in [-0.3, -0.25) is 4.79 Å². The van der Waals surface area contributed by atoms with Crippen LogP contribution in [0.2, 0.25) is 0 Å². The number of cyclic esters (lactones) is 1. The predicted molar refractivity (Wildman–Crippen MR) is 123 cm³/mol. The Bertz CT molecular complexity index is 815. The molecule has 0 aromatic heterocycles. The topological polar surface area (TPSA) is 76.2 Å². The van der Waals surface area contributed by atoms with E-state index in [4.69, 9.17) is 9.47 Å². The number of nitrogens with zero attached hydrogens (tertiary/aromatic N) is 2. The summed E-state index contributed by atoms with van der Waals surface area (Å²) in [5.74, 6) is -1.02. The average Bonchev–Trinajstić information content (AvgIpc) is 3.09. The van der Waals surface area contributed by atoms with Gasteiger partial charge in [0, 0.05) is 13.1 Å². The zero-order valence-corrected chi connectivity index (χ0v) is 19.3. The number of imide groups is 1. The fourth-order valence-electron chi connectivity index (χ4n) is 3.52. The maximum Gasteiger partial charge on any atom is 0.416 e. The van der Waals surface area contributed by atoms with Gasteiger partial charge in [0.25, 0.3) is 0 Å². The number of benzene rings is 1. The maximum atomic E-state index is 13.4. The van der Waals surface area contributed by atoms with Crippen LogP contribution in [0.3, 0.4) is 0 Å². The van der Waals surface area contributed by atoms with Gasteiger partial charge in [0.05, 0.1) is 12.0 Å². The van der Waals surface area contributed by atoms with E-state index in [1.807, 2.05) is 30.3 Å². The quantitative estimate of drug-likeness (QED) is 0.496. The Labute approximate surface area is 190 Å². The summed E-state index contributed by atoms with van der Waals surface area (Å²) in [6.07, 6.45) is 3.54. The summed E-state index contributed by atoms with van der Waals surface area (Å²) in [5.41, 5.74) is 0.344. The number of carbonyl (C=O) groups excluding carboxylic acids is 3. The maximum absolute atomic E-state index is 13.4. The largest absolute Gasteiger partial charge is 0.447 e. The summed E-state index contributed by atoms with van der Waals surface area (Å²) in [4.78, 5) is 41.3. The van der Waals surface area contributed by atoms with Gasteiger partial charge in [-0.05, 0) is 45.6 Å². The summed E-state index contributed by atoms with van der Waals surface area (Å²) in [6, 6.07) is 9.25. The van der Waals surface area contributed by atoms with E-state index in [-0.39, 0.29) is 19.1 Å². The first-order chi connectivity index (χ1) is 15.2. The van der Waals surface area contributed by atoms with Crippen molar-refractivity contribution in [3.8, 4) is 0 Å². The van der Waals surface area contributed by atoms with Crippen molar-refractivity contribution in [2.24, 2.45) is 5.92 Å². The average molecular weight is 443 g/mol. The Morgan fingerprint density at radius 3 is 2.53 bits per heavy atom. The van der Waals surface area contributed by atoms with Crippen molar-refractivity contribution in [2.75, 3.05) is 19.7 Å². The summed E-state index contributed by atoms with van der Waals surface area (Å²) >= 11 is 0. The number of carbonyl (C=O) groups is 3. The molecule has 7 nitrogen and oxygen atoms in total. The Hall–Kier alpha value is -3.09. The molecule has 2 rings (SSSR count). The van der Waals surface area contributed by atoms with Crippen LogP contribution in [0.25, 0.3) is 0 Å². The monoisotopic (exact) mass is 442 g/mol. The van der Waals surface area contributed by atoms with E-state index in [1.54, 1.807) is 32.9 Å². The molecule has 1 fully saturated rings. The molecule has 1 saturated heterocycles. The second-order valence-electron chi connectivity index (χ2n) is 8.85. The highest BCUT2D eigenvalue weighted by molar-refractivity contribution is 5.95. The zero-order chi connectivity index (χ0) is 23.7. The number of rotatable bonds is 10. The molecule has 0 saturated carbocycles. The molecule has 0 aliphatic carbocycles. The van der Waals surface area contributed by atoms with E-state index in [1.165, 1.54) is 9.80 Å². The second-order valence-corrected chi connectivity index (χ2v) is 8.85. The highest BCUT2D eigenvalue weighted by atomic mass is 16.6. The van der Waals surface area contributed by atoms with Crippen molar-refractivity contribution in [1.82, 2.24) is 9.80 Å². The summed E-state index contributed by atoms with van der Waals surface area (Å²) in [7, 11) is 0. The van der Waals surface area contributed by atoms with Gasteiger partial charge in [-0.15, -0.1) is 13.2 Å². The second kappa shape index (κ2) is 11.5. The lowest BCUT2D eigenvalue weighted by molar-refractivity contribution is -0.133. The number of ether oxygens (including phenoxy) is 2. The lowest BCUT2D eigenvalue weighted by atomic mass is 10.00. The third-order valence-electron chi connectivity index (χ3n) is 5.01. The molecular weight excluding hydrogens is 408 g/mol. The number of amides is 3. The minimum atomic E-state index is -0.666. The molecule has 0 bridgehead atoms. The highest BCUT2D eigenvalue weighted by Crippen LogP contribution is 2.23. The minimum Gasteiger partial charge on any atom is -0.447 e. The predicted octanol–water partition coefficient (Wildman–Crippen LogP) is 4.58. The molecule has 174 valence electrons. The van der Waals surface area contributed by atoms with Gasteiger partial charge in [-0.25, -0.2) is 14.5 Å². The molecule has 2 atom stereocenters. The molecule has 1 aromatic rings. The minimum absolute atomic E-state index is 0.107. The Balaban J connectivity index is 2.20. The van der Waals surface area contributed by atoms with Crippen LogP contribution in [-0.2, 0) is 20.7 Å². The lowest BCUT2D eigenvalue weighted by Gasteiger charge is -2.31.